The Balaban J connectivity index is 1.44. The summed E-state index contributed by atoms with van der Waals surface area (Å²) in [6.45, 7) is 1.20. The normalized spacial score (nSPS) is 11.8. The molecule has 1 heterocycles. The third-order valence-corrected chi connectivity index (χ3v) is 6.08. The number of carbonyl (C=O) groups is 2. The predicted octanol–water partition coefficient (Wildman–Crippen LogP) is 4.77. The van der Waals surface area contributed by atoms with Gasteiger partial charge in [-0.05, 0) is 46.7 Å². The molecule has 1 aromatic heterocycles. The summed E-state index contributed by atoms with van der Waals surface area (Å²) in [7, 11) is 3.19. The lowest BCUT2D eigenvalue weighted by molar-refractivity contribution is -0.155. The predicted molar refractivity (Wildman–Crippen MR) is 136 cm³/mol. The van der Waals surface area contributed by atoms with E-state index in [-0.39, 0.29) is 12.5 Å². The van der Waals surface area contributed by atoms with Crippen LogP contribution in [0.3, 0.4) is 0 Å². The molecular weight excluding hydrogens is 440 g/mol. The van der Waals surface area contributed by atoms with Crippen LogP contribution in [-0.2, 0) is 38.6 Å². The number of fused-ring (bicyclic) bond motifs is 1. The minimum atomic E-state index is -0.835. The maximum absolute atomic E-state index is 12.8. The van der Waals surface area contributed by atoms with Crippen molar-refractivity contribution < 1.29 is 19.1 Å². The van der Waals surface area contributed by atoms with Crippen LogP contribution in [-0.4, -0.2) is 42.0 Å². The first-order valence-corrected chi connectivity index (χ1v) is 11.6. The minimum absolute atomic E-state index is 0.0427. The summed E-state index contributed by atoms with van der Waals surface area (Å²) in [5, 5.41) is 0.930. The van der Waals surface area contributed by atoms with Crippen LogP contribution in [0.15, 0.2) is 91.1 Å². The van der Waals surface area contributed by atoms with Crippen molar-refractivity contribution in [1.29, 1.82) is 0 Å². The quantitative estimate of drug-likeness (QED) is 0.313. The second-order valence-electron chi connectivity index (χ2n) is 8.51. The Bertz CT molecular complexity index is 1270. The van der Waals surface area contributed by atoms with E-state index in [9.17, 15) is 9.59 Å². The van der Waals surface area contributed by atoms with Crippen LogP contribution in [0.1, 0.15) is 22.8 Å². The van der Waals surface area contributed by atoms with Crippen molar-refractivity contribution in [2.75, 3.05) is 20.7 Å². The summed E-state index contributed by atoms with van der Waals surface area (Å²) in [5.74, 6) is -0.406. The van der Waals surface area contributed by atoms with E-state index < -0.39 is 12.1 Å². The number of rotatable bonds is 10. The number of ether oxygens (including phenoxy) is 2. The van der Waals surface area contributed by atoms with E-state index >= 15 is 0 Å². The lowest BCUT2D eigenvalue weighted by Gasteiger charge is -2.18. The molecule has 0 spiro atoms. The maximum atomic E-state index is 12.8. The number of aromatic nitrogens is 1. The largest absolute Gasteiger partial charge is 0.467 e. The molecule has 3 aromatic carbocycles. The molecule has 0 saturated carbocycles. The molecule has 1 atom stereocenters. The second kappa shape index (κ2) is 11.5. The molecule has 0 saturated heterocycles. The zero-order valence-electron chi connectivity index (χ0n) is 20.1. The van der Waals surface area contributed by atoms with Gasteiger partial charge >= 0.3 is 5.97 Å². The molecule has 6 nitrogen and oxygen atoms in total. The molecule has 0 aliphatic rings. The molecule has 4 rings (SSSR count). The smallest absolute Gasteiger partial charge is 0.339 e. The van der Waals surface area contributed by atoms with Crippen molar-refractivity contribution in [3.8, 4) is 0 Å². The van der Waals surface area contributed by atoms with Crippen LogP contribution >= 0.6 is 0 Å². The highest BCUT2D eigenvalue weighted by Crippen LogP contribution is 2.26. The molecule has 0 N–H and O–H groups in total. The Kier molecular flexibility index (Phi) is 7.95. The van der Waals surface area contributed by atoms with Crippen molar-refractivity contribution in [2.24, 2.45) is 0 Å². The summed E-state index contributed by atoms with van der Waals surface area (Å²) < 4.78 is 12.9. The van der Waals surface area contributed by atoms with Gasteiger partial charge in [0.1, 0.15) is 6.54 Å². The Morgan fingerprint density at radius 3 is 2.29 bits per heavy atom. The fourth-order valence-corrected chi connectivity index (χ4v) is 4.01. The van der Waals surface area contributed by atoms with E-state index in [2.05, 4.69) is 12.1 Å². The number of likely N-dealkylation sites (N-methyl/N-ethyl adjacent to an activating group) is 1. The van der Waals surface area contributed by atoms with Gasteiger partial charge in [-0.1, -0.05) is 66.7 Å². The van der Waals surface area contributed by atoms with Crippen LogP contribution in [0.2, 0.25) is 0 Å². The minimum Gasteiger partial charge on any atom is -0.467 e. The highest BCUT2D eigenvalue weighted by molar-refractivity contribution is 5.85. The fraction of sp³-hybridized carbons (Fsp3) is 0.241. The Morgan fingerprint density at radius 2 is 1.60 bits per heavy atom. The van der Waals surface area contributed by atoms with E-state index in [1.165, 1.54) is 12.7 Å². The van der Waals surface area contributed by atoms with Crippen LogP contribution < -0.4 is 0 Å². The van der Waals surface area contributed by atoms with Crippen molar-refractivity contribution in [1.82, 2.24) is 9.47 Å². The molecule has 0 aliphatic heterocycles. The number of methoxy groups -OCH3 is 1. The molecule has 0 fully saturated rings. The molecule has 1 unspecified atom stereocenters. The van der Waals surface area contributed by atoms with E-state index in [4.69, 9.17) is 9.47 Å². The third kappa shape index (κ3) is 6.16. The lowest BCUT2D eigenvalue weighted by atomic mass is 10.1. The first kappa shape index (κ1) is 24.2. The molecule has 0 aliphatic carbocycles. The van der Waals surface area contributed by atoms with Crippen LogP contribution in [0.4, 0.5) is 0 Å². The molecular formula is C29H30N2O4. The lowest BCUT2D eigenvalue weighted by Crippen LogP contribution is -2.31. The topological polar surface area (TPSA) is 60.8 Å². The highest BCUT2D eigenvalue weighted by Gasteiger charge is 2.23. The van der Waals surface area contributed by atoms with Crippen LogP contribution in [0, 0.1) is 0 Å². The number of amides is 1. The number of esters is 1. The first-order chi connectivity index (χ1) is 17.0. The number of carbonyl (C=O) groups excluding carboxylic acids is 2. The van der Waals surface area contributed by atoms with Gasteiger partial charge in [-0.3, -0.25) is 4.79 Å². The third-order valence-electron chi connectivity index (χ3n) is 6.08. The van der Waals surface area contributed by atoms with Crippen LogP contribution in [0.5, 0.6) is 0 Å². The van der Waals surface area contributed by atoms with Gasteiger partial charge in [-0.15, -0.1) is 0 Å². The van der Waals surface area contributed by atoms with E-state index in [0.717, 1.165) is 22.9 Å². The molecule has 4 aromatic rings. The summed E-state index contributed by atoms with van der Waals surface area (Å²) in [4.78, 5) is 27.0. The summed E-state index contributed by atoms with van der Waals surface area (Å²) in [6.07, 6.45) is 1.88. The zero-order valence-corrected chi connectivity index (χ0v) is 20.1. The summed E-state index contributed by atoms with van der Waals surface area (Å²) in [5.41, 5.74) is 3.82. The van der Waals surface area contributed by atoms with Crippen molar-refractivity contribution >= 4 is 22.8 Å². The zero-order chi connectivity index (χ0) is 24.6. The average Bonchev–Trinajstić information content (AvgIpc) is 3.30. The van der Waals surface area contributed by atoms with Gasteiger partial charge in [-0.2, -0.15) is 0 Å². The average molecular weight is 471 g/mol. The molecule has 180 valence electrons. The van der Waals surface area contributed by atoms with Gasteiger partial charge in [-0.25, -0.2) is 4.79 Å². The number of hydrogen-bond acceptors (Lipinski definition) is 4. The van der Waals surface area contributed by atoms with Gasteiger partial charge < -0.3 is 18.9 Å². The van der Waals surface area contributed by atoms with Gasteiger partial charge in [0.15, 0.2) is 6.10 Å². The van der Waals surface area contributed by atoms with Crippen LogP contribution in [0.25, 0.3) is 10.9 Å². The Morgan fingerprint density at radius 1 is 0.914 bits per heavy atom. The highest BCUT2D eigenvalue weighted by atomic mass is 16.6. The standard InChI is InChI=1S/C29H30N2O4/c1-30(17-15-22-9-5-3-6-10-22)27(32)20-31-18-16-24-19-25(13-14-26(24)31)28(29(33)34-2)35-21-23-11-7-4-8-12-23/h3-14,16,18-19,28H,15,17,20-21H2,1-2H3. The van der Waals surface area contributed by atoms with Gasteiger partial charge in [0.05, 0.1) is 13.7 Å². The summed E-state index contributed by atoms with van der Waals surface area (Å²) >= 11 is 0. The SMILES string of the molecule is COC(=O)C(OCc1ccccc1)c1ccc2c(ccn2CC(=O)N(C)CCc2ccccc2)c1. The monoisotopic (exact) mass is 470 g/mol. The van der Waals surface area contributed by atoms with E-state index in [1.807, 2.05) is 90.6 Å². The van der Waals surface area contributed by atoms with Gasteiger partial charge in [0.25, 0.3) is 0 Å². The van der Waals surface area contributed by atoms with E-state index in [1.54, 1.807) is 4.90 Å². The van der Waals surface area contributed by atoms with Gasteiger partial charge in [0.2, 0.25) is 5.91 Å². The molecule has 0 radical (unpaired) electrons. The van der Waals surface area contributed by atoms with Crippen molar-refractivity contribution in [2.45, 2.75) is 25.7 Å². The van der Waals surface area contributed by atoms with Crippen molar-refractivity contribution in [3.63, 3.8) is 0 Å². The Labute approximate surface area is 205 Å². The van der Waals surface area contributed by atoms with Gasteiger partial charge in [0, 0.05) is 25.3 Å². The van der Waals surface area contributed by atoms with E-state index in [0.29, 0.717) is 18.7 Å². The molecule has 0 bridgehead atoms. The second-order valence-corrected chi connectivity index (χ2v) is 8.51. The summed E-state index contributed by atoms with van der Waals surface area (Å²) in [6, 6.07) is 27.5. The fourth-order valence-electron chi connectivity index (χ4n) is 4.01. The Hall–Kier alpha value is -3.90. The molecule has 6 heteroatoms. The van der Waals surface area contributed by atoms with Crippen molar-refractivity contribution in [3.05, 3.63) is 108 Å². The maximum Gasteiger partial charge on any atom is 0.339 e. The number of hydrogen-bond donors (Lipinski definition) is 0. The molecule has 35 heavy (non-hydrogen) atoms. The first-order valence-electron chi connectivity index (χ1n) is 11.6. The number of benzene rings is 3. The molecule has 1 amide bonds. The number of nitrogens with zero attached hydrogens (tertiary/aromatic N) is 2.